The van der Waals surface area contributed by atoms with Crippen LogP contribution in [-0.2, 0) is 4.79 Å². The second kappa shape index (κ2) is 4.31. The Balaban J connectivity index is 3.12. The first-order valence-electron chi connectivity index (χ1n) is 4.16. The van der Waals surface area contributed by atoms with Gasteiger partial charge < -0.3 is 5.73 Å². The predicted molar refractivity (Wildman–Crippen MR) is 58.8 cm³/mol. The maximum Gasteiger partial charge on any atom is 0.272 e. The Bertz CT molecular complexity index is 420. The molecule has 5 nitrogen and oxygen atoms in total. The predicted octanol–water partition coefficient (Wildman–Crippen LogP) is 1.36. The zero-order valence-corrected chi connectivity index (χ0v) is 8.90. The molecule has 1 rings (SSSR count). The van der Waals surface area contributed by atoms with Crippen LogP contribution in [0.3, 0.4) is 0 Å². The summed E-state index contributed by atoms with van der Waals surface area (Å²) in [5.74, 6) is -0.577. The summed E-state index contributed by atoms with van der Waals surface area (Å²) in [4.78, 5) is 20.9. The van der Waals surface area contributed by atoms with Crippen molar-refractivity contribution in [3.63, 3.8) is 0 Å². The van der Waals surface area contributed by atoms with E-state index in [9.17, 15) is 14.9 Å². The molecule has 0 aliphatic heterocycles. The van der Waals surface area contributed by atoms with E-state index in [-0.39, 0.29) is 5.69 Å². The monoisotopic (exact) mass is 226 g/mol. The van der Waals surface area contributed by atoms with Crippen molar-refractivity contribution >= 4 is 24.2 Å². The first kappa shape index (κ1) is 11.5. The molecule has 15 heavy (non-hydrogen) atoms. The third-order valence-corrected chi connectivity index (χ3v) is 2.56. The fraction of sp³-hybridized carbons (Fsp3) is 0.222. The third kappa shape index (κ3) is 2.47. The van der Waals surface area contributed by atoms with E-state index in [0.29, 0.717) is 11.1 Å². The highest BCUT2D eigenvalue weighted by Gasteiger charge is 2.16. The summed E-state index contributed by atoms with van der Waals surface area (Å²) >= 11 is 4.00. The average Bonchev–Trinajstić information content (AvgIpc) is 2.15. The fourth-order valence-electron chi connectivity index (χ4n) is 1.22. The number of nitrogens with two attached hydrogens (primary N) is 1. The summed E-state index contributed by atoms with van der Waals surface area (Å²) in [6, 6.07) is 4.37. The van der Waals surface area contributed by atoms with Crippen molar-refractivity contribution in [1.29, 1.82) is 0 Å². The number of nitro groups is 1. The Hall–Kier alpha value is -1.56. The molecule has 0 aliphatic carbocycles. The highest BCUT2D eigenvalue weighted by Crippen LogP contribution is 2.25. The van der Waals surface area contributed by atoms with Gasteiger partial charge in [-0.1, -0.05) is 6.07 Å². The van der Waals surface area contributed by atoms with E-state index < -0.39 is 16.1 Å². The van der Waals surface area contributed by atoms with Crippen molar-refractivity contribution in [2.75, 3.05) is 0 Å². The standard InChI is InChI=1S/C9H10N2O3S/c1-5-4-6(8(15)9(10)12)2-3-7(5)11(13)14/h2-4,8,15H,1H3,(H2,10,12). The lowest BCUT2D eigenvalue weighted by Gasteiger charge is -2.07. The number of primary amides is 1. The van der Waals surface area contributed by atoms with Crippen LogP contribution in [0.5, 0.6) is 0 Å². The number of thiol groups is 1. The molecule has 0 spiro atoms. The number of carbonyl (C=O) groups excluding carboxylic acids is 1. The van der Waals surface area contributed by atoms with E-state index in [2.05, 4.69) is 12.6 Å². The zero-order valence-electron chi connectivity index (χ0n) is 8.01. The van der Waals surface area contributed by atoms with Crippen molar-refractivity contribution < 1.29 is 9.72 Å². The lowest BCUT2D eigenvalue weighted by Crippen LogP contribution is -2.17. The second-order valence-electron chi connectivity index (χ2n) is 3.11. The van der Waals surface area contributed by atoms with Crippen molar-refractivity contribution in [1.82, 2.24) is 0 Å². The molecule has 0 saturated carbocycles. The Morgan fingerprint density at radius 3 is 2.60 bits per heavy atom. The summed E-state index contributed by atoms with van der Waals surface area (Å²) in [6.07, 6.45) is 0. The van der Waals surface area contributed by atoms with E-state index in [1.54, 1.807) is 13.0 Å². The van der Waals surface area contributed by atoms with E-state index >= 15 is 0 Å². The van der Waals surface area contributed by atoms with Crippen LogP contribution in [0.4, 0.5) is 5.69 Å². The lowest BCUT2D eigenvalue weighted by atomic mass is 10.1. The maximum atomic E-state index is 10.8. The van der Waals surface area contributed by atoms with Crippen LogP contribution in [0.25, 0.3) is 0 Å². The van der Waals surface area contributed by atoms with Gasteiger partial charge >= 0.3 is 0 Å². The summed E-state index contributed by atoms with van der Waals surface area (Å²) in [6.45, 7) is 1.60. The SMILES string of the molecule is Cc1cc(C(S)C(N)=O)ccc1[N+](=O)[O-]. The Morgan fingerprint density at radius 2 is 2.20 bits per heavy atom. The van der Waals surface area contributed by atoms with Crippen LogP contribution in [0.15, 0.2) is 18.2 Å². The molecule has 1 aromatic rings. The van der Waals surface area contributed by atoms with Crippen LogP contribution in [-0.4, -0.2) is 10.8 Å². The minimum absolute atomic E-state index is 0.0174. The molecule has 0 fully saturated rings. The van der Waals surface area contributed by atoms with Gasteiger partial charge in [0.05, 0.1) is 4.92 Å². The number of hydrogen-bond donors (Lipinski definition) is 2. The van der Waals surface area contributed by atoms with Gasteiger partial charge in [-0.05, 0) is 18.6 Å². The van der Waals surface area contributed by atoms with Gasteiger partial charge in [-0.25, -0.2) is 0 Å². The van der Waals surface area contributed by atoms with Crippen LogP contribution in [0.2, 0.25) is 0 Å². The van der Waals surface area contributed by atoms with Gasteiger partial charge in [-0.2, -0.15) is 12.6 Å². The zero-order chi connectivity index (χ0) is 11.6. The Labute approximate surface area is 91.8 Å². The molecule has 0 heterocycles. The second-order valence-corrected chi connectivity index (χ2v) is 3.62. The van der Waals surface area contributed by atoms with Gasteiger partial charge in [0.2, 0.25) is 5.91 Å². The molecule has 80 valence electrons. The largest absolute Gasteiger partial charge is 0.368 e. The normalized spacial score (nSPS) is 12.1. The van der Waals surface area contributed by atoms with Gasteiger partial charge in [0.25, 0.3) is 5.69 Å². The van der Waals surface area contributed by atoms with E-state index in [1.165, 1.54) is 12.1 Å². The van der Waals surface area contributed by atoms with Crippen LogP contribution in [0.1, 0.15) is 16.4 Å². The van der Waals surface area contributed by atoms with Crippen LogP contribution < -0.4 is 5.73 Å². The number of carbonyl (C=O) groups is 1. The molecule has 0 radical (unpaired) electrons. The molecular weight excluding hydrogens is 216 g/mol. The Kier molecular flexibility index (Phi) is 3.31. The Morgan fingerprint density at radius 1 is 1.60 bits per heavy atom. The number of aryl methyl sites for hydroxylation is 1. The molecule has 2 N–H and O–H groups in total. The quantitative estimate of drug-likeness (QED) is 0.463. The molecular formula is C9H10N2O3S. The number of benzene rings is 1. The molecule has 0 saturated heterocycles. The van der Waals surface area contributed by atoms with Gasteiger partial charge in [-0.15, -0.1) is 0 Å². The molecule has 0 aliphatic rings. The van der Waals surface area contributed by atoms with Gasteiger partial charge in [0, 0.05) is 11.6 Å². The maximum absolute atomic E-state index is 10.8. The van der Waals surface area contributed by atoms with Crippen LogP contribution in [0, 0.1) is 17.0 Å². The van der Waals surface area contributed by atoms with Gasteiger partial charge in [-0.3, -0.25) is 14.9 Å². The van der Waals surface area contributed by atoms with E-state index in [4.69, 9.17) is 5.73 Å². The number of hydrogen-bond acceptors (Lipinski definition) is 4. The number of nitro benzene ring substituents is 1. The summed E-state index contributed by atoms with van der Waals surface area (Å²) in [7, 11) is 0. The van der Waals surface area contributed by atoms with Crippen molar-refractivity contribution in [3.8, 4) is 0 Å². The van der Waals surface area contributed by atoms with E-state index in [0.717, 1.165) is 0 Å². The summed E-state index contributed by atoms with van der Waals surface area (Å²) in [5, 5.41) is 9.80. The first-order chi connectivity index (χ1) is 6.93. The van der Waals surface area contributed by atoms with Crippen molar-refractivity contribution in [2.24, 2.45) is 5.73 Å². The minimum atomic E-state index is -0.732. The molecule has 1 unspecified atom stereocenters. The lowest BCUT2D eigenvalue weighted by molar-refractivity contribution is -0.385. The first-order valence-corrected chi connectivity index (χ1v) is 4.67. The number of nitrogens with zero attached hydrogens (tertiary/aromatic N) is 1. The highest BCUT2D eigenvalue weighted by atomic mass is 32.1. The van der Waals surface area contributed by atoms with Crippen molar-refractivity contribution in [3.05, 3.63) is 39.4 Å². The summed E-state index contributed by atoms with van der Waals surface area (Å²) in [5.41, 5.74) is 6.13. The molecule has 1 atom stereocenters. The van der Waals surface area contributed by atoms with Crippen LogP contribution >= 0.6 is 12.6 Å². The molecule has 1 aromatic carbocycles. The van der Waals surface area contributed by atoms with Gasteiger partial charge in [0.1, 0.15) is 5.25 Å². The summed E-state index contributed by atoms with van der Waals surface area (Å²) < 4.78 is 0. The van der Waals surface area contributed by atoms with Gasteiger partial charge in [0.15, 0.2) is 0 Å². The highest BCUT2D eigenvalue weighted by molar-refractivity contribution is 7.81. The van der Waals surface area contributed by atoms with E-state index in [1.807, 2.05) is 0 Å². The van der Waals surface area contributed by atoms with Crippen molar-refractivity contribution in [2.45, 2.75) is 12.2 Å². The topological polar surface area (TPSA) is 86.2 Å². The average molecular weight is 226 g/mol. The molecule has 6 heteroatoms. The molecule has 0 bridgehead atoms. The number of amides is 1. The minimum Gasteiger partial charge on any atom is -0.368 e. The fourth-order valence-corrected chi connectivity index (χ4v) is 1.38. The molecule has 1 amide bonds. The smallest absolute Gasteiger partial charge is 0.272 e. The molecule has 0 aromatic heterocycles. The number of rotatable bonds is 3. The third-order valence-electron chi connectivity index (χ3n) is 2.00.